The fraction of sp³-hybridized carbons (Fsp3) is 0.571. The molecule has 0 aliphatic heterocycles. The van der Waals surface area contributed by atoms with Crippen LogP contribution in [0.2, 0.25) is 0 Å². The monoisotopic (exact) mass is 345 g/mol. The summed E-state index contributed by atoms with van der Waals surface area (Å²) in [6, 6.07) is 5.23. The van der Waals surface area contributed by atoms with Crippen LogP contribution in [0.15, 0.2) is 22.7 Å². The zero-order valence-corrected chi connectivity index (χ0v) is 13.0. The van der Waals surface area contributed by atoms with E-state index < -0.39 is 0 Å². The molecule has 0 amide bonds. The van der Waals surface area contributed by atoms with Crippen LogP contribution >= 0.6 is 27.5 Å². The molecule has 1 aliphatic carbocycles. The van der Waals surface area contributed by atoms with Gasteiger partial charge in [0, 0.05) is 21.5 Å². The van der Waals surface area contributed by atoms with Gasteiger partial charge in [0.25, 0.3) is 5.69 Å². The first kappa shape index (κ1) is 14.8. The first-order valence-electron chi connectivity index (χ1n) is 6.65. The third-order valence-corrected chi connectivity index (χ3v) is 4.91. The first-order valence-corrected chi connectivity index (χ1v) is 7.88. The van der Waals surface area contributed by atoms with E-state index >= 15 is 0 Å². The third-order valence-electron chi connectivity index (χ3n) is 3.84. The minimum absolute atomic E-state index is 0.144. The Labute approximate surface area is 126 Å². The lowest BCUT2D eigenvalue weighted by molar-refractivity contribution is -0.385. The van der Waals surface area contributed by atoms with Gasteiger partial charge in [0.2, 0.25) is 0 Å². The summed E-state index contributed by atoms with van der Waals surface area (Å²) in [5.41, 5.74) is 0.960. The van der Waals surface area contributed by atoms with E-state index in [9.17, 15) is 10.1 Å². The van der Waals surface area contributed by atoms with Crippen molar-refractivity contribution in [3.8, 4) is 0 Å². The average Bonchev–Trinajstić information content (AvgIpc) is 2.90. The number of hydrogen-bond acceptors (Lipinski definition) is 2. The molecule has 1 atom stereocenters. The molecule has 0 heterocycles. The maximum Gasteiger partial charge on any atom is 0.273 e. The molecule has 0 radical (unpaired) electrons. The molecule has 0 spiro atoms. The van der Waals surface area contributed by atoms with Crippen LogP contribution < -0.4 is 0 Å². The van der Waals surface area contributed by atoms with Gasteiger partial charge in [-0.25, -0.2) is 0 Å². The van der Waals surface area contributed by atoms with Crippen molar-refractivity contribution in [1.29, 1.82) is 0 Å². The number of nitrogens with zero attached hydrogens (tertiary/aromatic N) is 1. The second kappa shape index (κ2) is 6.71. The molecule has 3 nitrogen and oxygen atoms in total. The summed E-state index contributed by atoms with van der Waals surface area (Å²) in [6.45, 7) is 0. The summed E-state index contributed by atoms with van der Waals surface area (Å²) in [4.78, 5) is 10.7. The number of alkyl halides is 1. The lowest BCUT2D eigenvalue weighted by atomic mass is 9.97. The second-order valence-corrected chi connectivity index (χ2v) is 6.61. The van der Waals surface area contributed by atoms with Crippen molar-refractivity contribution in [3.05, 3.63) is 38.3 Å². The van der Waals surface area contributed by atoms with Gasteiger partial charge in [-0.2, -0.15) is 0 Å². The Bertz CT molecular complexity index is 461. The van der Waals surface area contributed by atoms with E-state index in [-0.39, 0.29) is 16.0 Å². The Morgan fingerprint density at radius 3 is 2.74 bits per heavy atom. The van der Waals surface area contributed by atoms with E-state index in [1.807, 2.05) is 12.1 Å². The van der Waals surface area contributed by atoms with Crippen molar-refractivity contribution < 1.29 is 4.92 Å². The van der Waals surface area contributed by atoms with Gasteiger partial charge in [-0.1, -0.05) is 34.8 Å². The molecule has 1 unspecified atom stereocenters. The van der Waals surface area contributed by atoms with E-state index in [2.05, 4.69) is 15.9 Å². The number of nitro groups is 1. The number of benzene rings is 1. The van der Waals surface area contributed by atoms with Crippen molar-refractivity contribution in [2.75, 3.05) is 0 Å². The van der Waals surface area contributed by atoms with E-state index in [0.29, 0.717) is 12.3 Å². The van der Waals surface area contributed by atoms with Crippen LogP contribution in [0, 0.1) is 16.0 Å². The van der Waals surface area contributed by atoms with Gasteiger partial charge in [0.05, 0.1) is 4.92 Å². The molecule has 0 aromatic heterocycles. The van der Waals surface area contributed by atoms with Crippen LogP contribution in [0.5, 0.6) is 0 Å². The highest BCUT2D eigenvalue weighted by atomic mass is 79.9. The highest BCUT2D eigenvalue weighted by Crippen LogP contribution is 2.33. The smallest absolute Gasteiger partial charge is 0.258 e. The fourth-order valence-corrected chi connectivity index (χ4v) is 3.48. The predicted octanol–water partition coefficient (Wildman–Crippen LogP) is 5.09. The summed E-state index contributed by atoms with van der Waals surface area (Å²) in [5, 5.41) is 11.2. The molecule has 1 aliphatic rings. The predicted molar refractivity (Wildman–Crippen MR) is 80.7 cm³/mol. The van der Waals surface area contributed by atoms with Crippen molar-refractivity contribution in [2.45, 2.75) is 43.9 Å². The standard InChI is InChI=1S/C14H17BrClNO2/c15-12-7-5-11(14(9-12)17(18)19)6-8-13(16)10-3-1-2-4-10/h5,7,9-10,13H,1-4,6,8H2. The van der Waals surface area contributed by atoms with E-state index in [4.69, 9.17) is 11.6 Å². The minimum atomic E-state index is -0.321. The molecule has 0 saturated heterocycles. The van der Waals surface area contributed by atoms with Gasteiger partial charge >= 0.3 is 0 Å². The molecule has 0 bridgehead atoms. The van der Waals surface area contributed by atoms with Crippen molar-refractivity contribution >= 4 is 33.2 Å². The number of halogens is 2. The molecule has 19 heavy (non-hydrogen) atoms. The van der Waals surface area contributed by atoms with Crippen LogP contribution in [0.4, 0.5) is 5.69 Å². The van der Waals surface area contributed by atoms with E-state index in [0.717, 1.165) is 16.5 Å². The minimum Gasteiger partial charge on any atom is -0.258 e. The molecule has 0 N–H and O–H groups in total. The SMILES string of the molecule is O=[N+]([O-])c1cc(Br)ccc1CCC(Cl)C1CCCC1. The van der Waals surface area contributed by atoms with Gasteiger partial charge < -0.3 is 0 Å². The second-order valence-electron chi connectivity index (χ2n) is 5.13. The zero-order valence-electron chi connectivity index (χ0n) is 10.6. The number of rotatable bonds is 5. The molecule has 1 saturated carbocycles. The summed E-state index contributed by atoms with van der Waals surface area (Å²) < 4.78 is 0.737. The van der Waals surface area contributed by atoms with Gasteiger partial charge in [-0.15, -0.1) is 11.6 Å². The van der Waals surface area contributed by atoms with Crippen LogP contribution in [-0.2, 0) is 6.42 Å². The summed E-state index contributed by atoms with van der Waals surface area (Å²) in [5.74, 6) is 0.594. The van der Waals surface area contributed by atoms with E-state index in [1.165, 1.54) is 25.7 Å². The maximum absolute atomic E-state index is 11.0. The molecule has 1 aromatic rings. The third kappa shape index (κ3) is 3.93. The normalized spacial score (nSPS) is 17.6. The highest BCUT2D eigenvalue weighted by molar-refractivity contribution is 9.10. The van der Waals surface area contributed by atoms with Crippen molar-refractivity contribution in [3.63, 3.8) is 0 Å². The zero-order chi connectivity index (χ0) is 13.8. The Balaban J connectivity index is 2.00. The maximum atomic E-state index is 11.0. The summed E-state index contributed by atoms with van der Waals surface area (Å²) >= 11 is 9.69. The van der Waals surface area contributed by atoms with E-state index in [1.54, 1.807) is 6.07 Å². The quantitative estimate of drug-likeness (QED) is 0.423. The molecule has 5 heteroatoms. The average molecular weight is 347 g/mol. The fourth-order valence-electron chi connectivity index (χ4n) is 2.77. The van der Waals surface area contributed by atoms with Gasteiger partial charge in [0.15, 0.2) is 0 Å². The van der Waals surface area contributed by atoms with Crippen molar-refractivity contribution in [1.82, 2.24) is 0 Å². The van der Waals surface area contributed by atoms with Crippen LogP contribution in [0.1, 0.15) is 37.7 Å². The Morgan fingerprint density at radius 2 is 2.11 bits per heavy atom. The van der Waals surface area contributed by atoms with Crippen molar-refractivity contribution in [2.24, 2.45) is 5.92 Å². The highest BCUT2D eigenvalue weighted by Gasteiger charge is 2.24. The first-order chi connectivity index (χ1) is 9.08. The lowest BCUT2D eigenvalue weighted by Gasteiger charge is -2.16. The number of nitro benzene ring substituents is 1. The molecule has 2 rings (SSSR count). The molecular formula is C14H17BrClNO2. The largest absolute Gasteiger partial charge is 0.273 e. The number of hydrogen-bond donors (Lipinski definition) is 0. The molecule has 1 fully saturated rings. The number of aryl methyl sites for hydroxylation is 1. The topological polar surface area (TPSA) is 43.1 Å². The summed E-state index contributed by atoms with van der Waals surface area (Å²) in [6.07, 6.45) is 6.44. The summed E-state index contributed by atoms with van der Waals surface area (Å²) in [7, 11) is 0. The Morgan fingerprint density at radius 1 is 1.42 bits per heavy atom. The van der Waals surface area contributed by atoms with Crippen LogP contribution in [-0.4, -0.2) is 10.3 Å². The van der Waals surface area contributed by atoms with Crippen LogP contribution in [0.3, 0.4) is 0 Å². The van der Waals surface area contributed by atoms with Gasteiger partial charge in [-0.05, 0) is 37.7 Å². The Kier molecular flexibility index (Phi) is 5.22. The molecule has 104 valence electrons. The van der Waals surface area contributed by atoms with Gasteiger partial charge in [0.1, 0.15) is 0 Å². The molecular weight excluding hydrogens is 330 g/mol. The van der Waals surface area contributed by atoms with Crippen LogP contribution in [0.25, 0.3) is 0 Å². The Hall–Kier alpha value is -0.610. The van der Waals surface area contributed by atoms with Gasteiger partial charge in [-0.3, -0.25) is 10.1 Å². The molecule has 1 aromatic carbocycles. The lowest BCUT2D eigenvalue weighted by Crippen LogP contribution is -2.12.